The van der Waals surface area contributed by atoms with Gasteiger partial charge in [0.05, 0.1) is 12.8 Å². The van der Waals surface area contributed by atoms with Gasteiger partial charge in [-0.05, 0) is 30.7 Å². The highest BCUT2D eigenvalue weighted by atomic mass is 16.5. The van der Waals surface area contributed by atoms with Crippen LogP contribution in [0.3, 0.4) is 0 Å². The number of nitrogens with one attached hydrogen (secondary N) is 1. The Bertz CT molecular complexity index is 588. The second-order valence-corrected chi connectivity index (χ2v) is 4.24. The number of anilines is 1. The molecular formula is C15H18N2O2. The van der Waals surface area contributed by atoms with E-state index in [-0.39, 0.29) is 5.56 Å². The van der Waals surface area contributed by atoms with Crippen molar-refractivity contribution in [1.82, 2.24) is 4.57 Å². The van der Waals surface area contributed by atoms with Gasteiger partial charge in [-0.15, -0.1) is 0 Å². The molecule has 0 atom stereocenters. The summed E-state index contributed by atoms with van der Waals surface area (Å²) in [7, 11) is 1.65. The highest BCUT2D eigenvalue weighted by Gasteiger charge is 1.98. The largest absolute Gasteiger partial charge is 0.497 e. The summed E-state index contributed by atoms with van der Waals surface area (Å²) in [6.07, 6.45) is 1.84. The van der Waals surface area contributed by atoms with Crippen molar-refractivity contribution in [2.75, 3.05) is 12.4 Å². The molecule has 0 unspecified atom stereocenters. The van der Waals surface area contributed by atoms with Crippen molar-refractivity contribution in [3.63, 3.8) is 0 Å². The molecule has 0 saturated carbocycles. The average molecular weight is 258 g/mol. The number of benzene rings is 1. The van der Waals surface area contributed by atoms with E-state index in [0.29, 0.717) is 13.1 Å². The Labute approximate surface area is 112 Å². The molecule has 1 aromatic heterocycles. The lowest BCUT2D eigenvalue weighted by Gasteiger charge is -2.09. The molecule has 0 aliphatic carbocycles. The molecule has 0 aliphatic rings. The first-order valence-corrected chi connectivity index (χ1v) is 6.30. The fourth-order valence-electron chi connectivity index (χ4n) is 1.83. The summed E-state index contributed by atoms with van der Waals surface area (Å²) in [5.74, 6) is 0.850. The van der Waals surface area contributed by atoms with E-state index in [9.17, 15) is 4.79 Å². The molecule has 0 bridgehead atoms. The number of aromatic nitrogens is 1. The topological polar surface area (TPSA) is 43.3 Å². The second-order valence-electron chi connectivity index (χ2n) is 4.24. The summed E-state index contributed by atoms with van der Waals surface area (Å²) < 4.78 is 6.79. The summed E-state index contributed by atoms with van der Waals surface area (Å²) in [6.45, 7) is 3.34. The van der Waals surface area contributed by atoms with Crippen molar-refractivity contribution in [3.8, 4) is 5.75 Å². The monoisotopic (exact) mass is 258 g/mol. The zero-order chi connectivity index (χ0) is 13.7. The summed E-state index contributed by atoms with van der Waals surface area (Å²) in [5, 5.41) is 3.30. The Balaban J connectivity index is 2.03. The van der Waals surface area contributed by atoms with Crippen LogP contribution in [-0.4, -0.2) is 11.7 Å². The molecule has 1 N–H and O–H groups in total. The number of hydrogen-bond donors (Lipinski definition) is 1. The van der Waals surface area contributed by atoms with E-state index < -0.39 is 0 Å². The summed E-state index contributed by atoms with van der Waals surface area (Å²) >= 11 is 0. The van der Waals surface area contributed by atoms with Crippen LogP contribution in [0.5, 0.6) is 5.75 Å². The standard InChI is InChI=1S/C15H18N2O2/c1-3-17-11-13(6-9-15(17)18)16-10-12-4-7-14(19-2)8-5-12/h4-9,11,16H,3,10H2,1-2H3. The molecule has 4 heteroatoms. The molecule has 0 amide bonds. The number of aryl methyl sites for hydroxylation is 1. The predicted octanol–water partition coefficient (Wildman–Crippen LogP) is 2.49. The van der Waals surface area contributed by atoms with Crippen molar-refractivity contribution in [3.05, 3.63) is 58.5 Å². The minimum Gasteiger partial charge on any atom is -0.497 e. The minimum absolute atomic E-state index is 0.0255. The number of pyridine rings is 1. The molecular weight excluding hydrogens is 240 g/mol. The summed E-state index contributed by atoms with van der Waals surface area (Å²) in [6, 6.07) is 11.3. The van der Waals surface area contributed by atoms with Gasteiger partial charge in [-0.25, -0.2) is 0 Å². The fraction of sp³-hybridized carbons (Fsp3) is 0.267. The van der Waals surface area contributed by atoms with Crippen LogP contribution in [0.15, 0.2) is 47.4 Å². The third kappa shape index (κ3) is 3.37. The van der Waals surface area contributed by atoms with Crippen LogP contribution in [0.2, 0.25) is 0 Å². The smallest absolute Gasteiger partial charge is 0.250 e. The van der Waals surface area contributed by atoms with Gasteiger partial charge in [0.15, 0.2) is 0 Å². The normalized spacial score (nSPS) is 10.2. The Kier molecular flexibility index (Phi) is 4.23. The molecule has 2 rings (SSSR count). The van der Waals surface area contributed by atoms with Gasteiger partial charge < -0.3 is 14.6 Å². The van der Waals surface area contributed by atoms with Gasteiger partial charge in [0, 0.05) is 25.4 Å². The zero-order valence-electron chi connectivity index (χ0n) is 11.2. The summed E-state index contributed by atoms with van der Waals surface area (Å²) in [4.78, 5) is 11.5. The van der Waals surface area contributed by atoms with Crippen molar-refractivity contribution in [2.24, 2.45) is 0 Å². The maximum atomic E-state index is 11.5. The highest BCUT2D eigenvalue weighted by molar-refractivity contribution is 5.41. The molecule has 0 fully saturated rings. The number of rotatable bonds is 5. The quantitative estimate of drug-likeness (QED) is 0.896. The fourth-order valence-corrected chi connectivity index (χ4v) is 1.83. The van der Waals surface area contributed by atoms with Crippen LogP contribution in [-0.2, 0) is 13.1 Å². The van der Waals surface area contributed by atoms with Gasteiger partial charge in [-0.3, -0.25) is 4.79 Å². The van der Waals surface area contributed by atoms with Crippen LogP contribution < -0.4 is 15.6 Å². The van der Waals surface area contributed by atoms with Gasteiger partial charge in [0.1, 0.15) is 5.75 Å². The molecule has 1 aromatic carbocycles. The zero-order valence-corrected chi connectivity index (χ0v) is 11.2. The Hall–Kier alpha value is -2.23. The molecule has 0 radical (unpaired) electrons. The maximum absolute atomic E-state index is 11.5. The summed E-state index contributed by atoms with van der Waals surface area (Å²) in [5.41, 5.74) is 2.13. The van der Waals surface area contributed by atoms with Crippen LogP contribution >= 0.6 is 0 Å². The lowest BCUT2D eigenvalue weighted by Crippen LogP contribution is -2.17. The third-order valence-electron chi connectivity index (χ3n) is 2.98. The van der Waals surface area contributed by atoms with Crippen molar-refractivity contribution in [2.45, 2.75) is 20.0 Å². The van der Waals surface area contributed by atoms with Crippen molar-refractivity contribution in [1.29, 1.82) is 0 Å². The Morgan fingerprint density at radius 1 is 1.16 bits per heavy atom. The van der Waals surface area contributed by atoms with E-state index in [1.165, 1.54) is 0 Å². The van der Waals surface area contributed by atoms with Gasteiger partial charge in [-0.2, -0.15) is 0 Å². The van der Waals surface area contributed by atoms with E-state index in [1.807, 2.05) is 37.4 Å². The average Bonchev–Trinajstić information content (AvgIpc) is 2.47. The number of ether oxygens (including phenoxy) is 1. The number of hydrogen-bond acceptors (Lipinski definition) is 3. The second kappa shape index (κ2) is 6.09. The first kappa shape index (κ1) is 13.2. The molecule has 19 heavy (non-hydrogen) atoms. The molecule has 0 aliphatic heterocycles. The molecule has 4 nitrogen and oxygen atoms in total. The molecule has 100 valence electrons. The van der Waals surface area contributed by atoms with Gasteiger partial charge in [0.25, 0.3) is 5.56 Å². The lowest BCUT2D eigenvalue weighted by atomic mass is 10.2. The van der Waals surface area contributed by atoms with Gasteiger partial charge in [0.2, 0.25) is 0 Å². The first-order valence-electron chi connectivity index (χ1n) is 6.30. The molecule has 2 aromatic rings. The van der Waals surface area contributed by atoms with Crippen molar-refractivity contribution < 1.29 is 4.74 Å². The lowest BCUT2D eigenvalue weighted by molar-refractivity contribution is 0.414. The van der Waals surface area contributed by atoms with Crippen LogP contribution in [0, 0.1) is 0 Å². The van der Waals surface area contributed by atoms with Crippen molar-refractivity contribution >= 4 is 5.69 Å². The van der Waals surface area contributed by atoms with Crippen LogP contribution in [0.4, 0.5) is 5.69 Å². The maximum Gasteiger partial charge on any atom is 0.250 e. The van der Waals surface area contributed by atoms with Crippen LogP contribution in [0.25, 0.3) is 0 Å². The first-order chi connectivity index (χ1) is 9.22. The van der Waals surface area contributed by atoms with Gasteiger partial charge >= 0.3 is 0 Å². The third-order valence-corrected chi connectivity index (χ3v) is 2.98. The Morgan fingerprint density at radius 2 is 1.89 bits per heavy atom. The van der Waals surface area contributed by atoms with Crippen LogP contribution in [0.1, 0.15) is 12.5 Å². The predicted molar refractivity (Wildman–Crippen MR) is 76.7 cm³/mol. The SMILES string of the molecule is CCn1cc(NCc2ccc(OC)cc2)ccc1=O. The van der Waals surface area contributed by atoms with E-state index in [1.54, 1.807) is 23.8 Å². The van der Waals surface area contributed by atoms with E-state index >= 15 is 0 Å². The molecule has 0 spiro atoms. The highest BCUT2D eigenvalue weighted by Crippen LogP contribution is 2.13. The van der Waals surface area contributed by atoms with E-state index in [0.717, 1.165) is 17.0 Å². The number of methoxy groups -OCH3 is 1. The molecule has 0 saturated heterocycles. The van der Waals surface area contributed by atoms with Gasteiger partial charge in [-0.1, -0.05) is 12.1 Å². The minimum atomic E-state index is 0.0255. The Morgan fingerprint density at radius 3 is 2.53 bits per heavy atom. The molecule has 1 heterocycles. The van der Waals surface area contributed by atoms with E-state index in [2.05, 4.69) is 5.32 Å². The van der Waals surface area contributed by atoms with E-state index in [4.69, 9.17) is 4.74 Å². The number of nitrogens with zero attached hydrogens (tertiary/aromatic N) is 1.